The van der Waals surface area contributed by atoms with Gasteiger partial charge in [0.15, 0.2) is 0 Å². The molecule has 0 saturated heterocycles. The van der Waals surface area contributed by atoms with Gasteiger partial charge in [0.1, 0.15) is 5.75 Å². The summed E-state index contributed by atoms with van der Waals surface area (Å²) in [6.45, 7) is 3.14. The van der Waals surface area contributed by atoms with Crippen LogP contribution in [-0.4, -0.2) is 19.1 Å². The maximum Gasteiger partial charge on any atom is 0.230 e. The second-order valence-corrected chi connectivity index (χ2v) is 3.20. The van der Waals surface area contributed by atoms with E-state index in [0.717, 1.165) is 11.4 Å². The third kappa shape index (κ3) is 1.45. The van der Waals surface area contributed by atoms with Gasteiger partial charge < -0.3 is 9.64 Å². The summed E-state index contributed by atoms with van der Waals surface area (Å²) >= 11 is 0. The highest BCUT2D eigenvalue weighted by molar-refractivity contribution is 5.95. The number of benzene rings is 1. The average Bonchev–Trinajstić information content (AvgIpc) is 2.36. The monoisotopic (exact) mass is 191 g/mol. The molecule has 0 aliphatic carbocycles. The summed E-state index contributed by atoms with van der Waals surface area (Å²) in [6.07, 6.45) is 0.461. The van der Waals surface area contributed by atoms with E-state index in [4.69, 9.17) is 4.74 Å². The summed E-state index contributed by atoms with van der Waals surface area (Å²) in [7, 11) is 0. The summed E-state index contributed by atoms with van der Waals surface area (Å²) in [5, 5.41) is 0. The molecule has 0 fully saturated rings. The summed E-state index contributed by atoms with van der Waals surface area (Å²) in [5.74, 6) is 0.942. The molecule has 0 radical (unpaired) electrons. The molecule has 74 valence electrons. The van der Waals surface area contributed by atoms with Crippen LogP contribution in [0.1, 0.15) is 13.3 Å². The maximum absolute atomic E-state index is 11.7. The fourth-order valence-corrected chi connectivity index (χ4v) is 1.67. The fourth-order valence-electron chi connectivity index (χ4n) is 1.67. The molecule has 1 aliphatic rings. The second kappa shape index (κ2) is 3.70. The Balaban J connectivity index is 2.44. The predicted octanol–water partition coefficient (Wildman–Crippen LogP) is 1.82. The highest BCUT2D eigenvalue weighted by Gasteiger charge is 2.20. The van der Waals surface area contributed by atoms with Gasteiger partial charge in [-0.15, -0.1) is 0 Å². The van der Waals surface area contributed by atoms with Crippen molar-refractivity contribution in [2.24, 2.45) is 0 Å². The van der Waals surface area contributed by atoms with Crippen LogP contribution >= 0.6 is 0 Å². The van der Waals surface area contributed by atoms with Gasteiger partial charge >= 0.3 is 0 Å². The van der Waals surface area contributed by atoms with Crippen molar-refractivity contribution < 1.29 is 9.53 Å². The van der Waals surface area contributed by atoms with E-state index in [1.54, 1.807) is 4.90 Å². The van der Waals surface area contributed by atoms with Gasteiger partial charge in [0.25, 0.3) is 0 Å². The maximum atomic E-state index is 11.7. The van der Waals surface area contributed by atoms with Crippen LogP contribution in [0.3, 0.4) is 0 Å². The largest absolute Gasteiger partial charge is 0.491 e. The third-order valence-electron chi connectivity index (χ3n) is 2.35. The minimum Gasteiger partial charge on any atom is -0.491 e. The Labute approximate surface area is 83.3 Å². The van der Waals surface area contributed by atoms with E-state index in [0.29, 0.717) is 19.6 Å². The molecule has 3 nitrogen and oxygen atoms in total. The van der Waals surface area contributed by atoms with Crippen molar-refractivity contribution in [3.63, 3.8) is 0 Å². The van der Waals surface area contributed by atoms with Crippen molar-refractivity contribution in [1.29, 1.82) is 0 Å². The SMILES string of the molecule is CCN1C(=O)CCOc2ccccc21. The predicted molar refractivity (Wildman–Crippen MR) is 54.6 cm³/mol. The number of rotatable bonds is 1. The number of anilines is 1. The first-order valence-electron chi connectivity index (χ1n) is 4.85. The zero-order valence-electron chi connectivity index (χ0n) is 8.19. The Morgan fingerprint density at radius 1 is 1.43 bits per heavy atom. The lowest BCUT2D eigenvalue weighted by molar-refractivity contribution is -0.118. The fraction of sp³-hybridized carbons (Fsp3) is 0.364. The Morgan fingerprint density at radius 2 is 2.21 bits per heavy atom. The van der Waals surface area contributed by atoms with Gasteiger partial charge in [-0.25, -0.2) is 0 Å². The lowest BCUT2D eigenvalue weighted by Crippen LogP contribution is -2.29. The molecule has 0 unspecified atom stereocenters. The third-order valence-corrected chi connectivity index (χ3v) is 2.35. The molecule has 2 rings (SSSR count). The van der Waals surface area contributed by atoms with Crippen molar-refractivity contribution in [2.45, 2.75) is 13.3 Å². The van der Waals surface area contributed by atoms with Crippen LogP contribution in [0.5, 0.6) is 5.75 Å². The molecule has 1 amide bonds. The van der Waals surface area contributed by atoms with Crippen LogP contribution in [0.4, 0.5) is 5.69 Å². The molecular weight excluding hydrogens is 178 g/mol. The average molecular weight is 191 g/mol. The highest BCUT2D eigenvalue weighted by atomic mass is 16.5. The van der Waals surface area contributed by atoms with E-state index in [1.165, 1.54) is 0 Å². The molecule has 0 spiro atoms. The van der Waals surface area contributed by atoms with Gasteiger partial charge in [-0.3, -0.25) is 4.79 Å². The molecule has 0 saturated carbocycles. The van der Waals surface area contributed by atoms with E-state index in [9.17, 15) is 4.79 Å². The van der Waals surface area contributed by atoms with Gasteiger partial charge in [-0.05, 0) is 19.1 Å². The molecule has 1 aliphatic heterocycles. The van der Waals surface area contributed by atoms with E-state index >= 15 is 0 Å². The van der Waals surface area contributed by atoms with E-state index in [1.807, 2.05) is 31.2 Å². The Morgan fingerprint density at radius 3 is 3.00 bits per heavy atom. The van der Waals surface area contributed by atoms with Gasteiger partial charge in [-0.1, -0.05) is 12.1 Å². The minimum absolute atomic E-state index is 0.137. The first-order valence-corrected chi connectivity index (χ1v) is 4.85. The minimum atomic E-state index is 0.137. The van der Waals surface area contributed by atoms with Crippen LogP contribution in [-0.2, 0) is 4.79 Å². The van der Waals surface area contributed by atoms with Crippen LogP contribution < -0.4 is 9.64 Å². The lowest BCUT2D eigenvalue weighted by atomic mass is 10.2. The number of carbonyl (C=O) groups is 1. The quantitative estimate of drug-likeness (QED) is 0.677. The van der Waals surface area contributed by atoms with Crippen LogP contribution in [0.2, 0.25) is 0 Å². The van der Waals surface area contributed by atoms with Crippen molar-refractivity contribution >= 4 is 11.6 Å². The number of carbonyl (C=O) groups excluding carboxylic acids is 1. The molecular formula is C11H13NO2. The van der Waals surface area contributed by atoms with Gasteiger partial charge in [0.05, 0.1) is 18.7 Å². The number of hydrogen-bond acceptors (Lipinski definition) is 2. The molecule has 1 aromatic rings. The molecule has 14 heavy (non-hydrogen) atoms. The van der Waals surface area contributed by atoms with Crippen molar-refractivity contribution in [2.75, 3.05) is 18.1 Å². The Bertz CT molecular complexity index is 349. The Hall–Kier alpha value is -1.51. The molecule has 0 aromatic heterocycles. The summed E-state index contributed by atoms with van der Waals surface area (Å²) in [6, 6.07) is 7.66. The van der Waals surface area contributed by atoms with E-state index in [-0.39, 0.29) is 5.91 Å². The highest BCUT2D eigenvalue weighted by Crippen LogP contribution is 2.30. The number of ether oxygens (including phenoxy) is 1. The normalized spacial score (nSPS) is 15.8. The standard InChI is InChI=1S/C11H13NO2/c1-2-12-9-5-3-4-6-10(9)14-8-7-11(12)13/h3-6H,2,7-8H2,1H3. The second-order valence-electron chi connectivity index (χ2n) is 3.20. The summed E-state index contributed by atoms with van der Waals surface area (Å²) in [5.41, 5.74) is 0.887. The van der Waals surface area contributed by atoms with Crippen molar-refractivity contribution in [3.05, 3.63) is 24.3 Å². The number of hydrogen-bond donors (Lipinski definition) is 0. The summed E-state index contributed by atoms with van der Waals surface area (Å²) in [4.78, 5) is 13.4. The zero-order chi connectivity index (χ0) is 9.97. The van der Waals surface area contributed by atoms with Crippen molar-refractivity contribution in [1.82, 2.24) is 0 Å². The van der Waals surface area contributed by atoms with Gasteiger partial charge in [0.2, 0.25) is 5.91 Å². The topological polar surface area (TPSA) is 29.5 Å². The van der Waals surface area contributed by atoms with Crippen LogP contribution in [0.25, 0.3) is 0 Å². The van der Waals surface area contributed by atoms with Gasteiger partial charge in [-0.2, -0.15) is 0 Å². The summed E-state index contributed by atoms with van der Waals surface area (Å²) < 4.78 is 5.49. The lowest BCUT2D eigenvalue weighted by Gasteiger charge is -2.19. The zero-order valence-corrected chi connectivity index (χ0v) is 8.19. The number of nitrogens with zero attached hydrogens (tertiary/aromatic N) is 1. The van der Waals surface area contributed by atoms with E-state index < -0.39 is 0 Å². The van der Waals surface area contributed by atoms with Gasteiger partial charge in [0, 0.05) is 6.54 Å². The first kappa shape index (κ1) is 9.06. The molecule has 0 bridgehead atoms. The molecule has 0 atom stereocenters. The smallest absolute Gasteiger partial charge is 0.230 e. The van der Waals surface area contributed by atoms with Crippen LogP contribution in [0.15, 0.2) is 24.3 Å². The van der Waals surface area contributed by atoms with E-state index in [2.05, 4.69) is 0 Å². The first-order chi connectivity index (χ1) is 6.83. The molecule has 0 N–H and O–H groups in total. The number of amides is 1. The van der Waals surface area contributed by atoms with Crippen LogP contribution in [0, 0.1) is 0 Å². The van der Waals surface area contributed by atoms with Crippen molar-refractivity contribution in [3.8, 4) is 5.75 Å². The Kier molecular flexibility index (Phi) is 2.39. The molecule has 1 aromatic carbocycles. The number of fused-ring (bicyclic) bond motifs is 1. The molecule has 1 heterocycles. The molecule has 3 heteroatoms. The number of para-hydroxylation sites is 2.